The molecule has 0 saturated carbocycles. The van der Waals surface area contributed by atoms with E-state index in [0.717, 1.165) is 35.3 Å². The zero-order valence-corrected chi connectivity index (χ0v) is 18.5. The summed E-state index contributed by atoms with van der Waals surface area (Å²) in [5.74, 6) is 2.04. The normalized spacial score (nSPS) is 11.0. The number of carbonyl (C=O) groups is 1. The van der Waals surface area contributed by atoms with Crippen LogP contribution in [0.1, 0.15) is 56.2 Å². The molecular formula is C24H32N2O4. The molecule has 0 unspecified atom stereocenters. The van der Waals surface area contributed by atoms with Crippen LogP contribution in [-0.4, -0.2) is 32.4 Å². The second-order valence-electron chi connectivity index (χ2n) is 7.39. The molecule has 0 aliphatic heterocycles. The summed E-state index contributed by atoms with van der Waals surface area (Å²) in [6.45, 7) is 8.84. The maximum atomic E-state index is 12.1. The summed E-state index contributed by atoms with van der Waals surface area (Å²) in [6.07, 6.45) is 3.61. The molecule has 0 aliphatic rings. The molecule has 162 valence electrons. The number of methoxy groups -OCH3 is 1. The minimum atomic E-state index is -0.325. The van der Waals surface area contributed by atoms with Crippen molar-refractivity contribution in [3.05, 3.63) is 53.1 Å². The van der Waals surface area contributed by atoms with Crippen molar-refractivity contribution in [2.75, 3.05) is 20.3 Å². The molecule has 30 heavy (non-hydrogen) atoms. The number of ether oxygens (including phenoxy) is 3. The first-order chi connectivity index (χ1) is 14.4. The van der Waals surface area contributed by atoms with Crippen LogP contribution in [0.4, 0.5) is 0 Å². The standard InChI is InChI=1S/C24H32N2O4/c1-6-7-12-29-21-11-9-19(14-23(21)28-5)15-25-26-24(27)16-30-22-13-18(4)8-10-20(22)17(2)3/h8-11,13-15,17H,6-7,12,16H2,1-5H3,(H,26,27)/b25-15+. The van der Waals surface area contributed by atoms with Crippen molar-refractivity contribution in [1.29, 1.82) is 0 Å². The van der Waals surface area contributed by atoms with Crippen molar-refractivity contribution in [3.8, 4) is 17.2 Å². The lowest BCUT2D eigenvalue weighted by molar-refractivity contribution is -0.123. The minimum Gasteiger partial charge on any atom is -0.493 e. The molecule has 0 spiro atoms. The molecule has 0 bridgehead atoms. The van der Waals surface area contributed by atoms with Crippen LogP contribution in [0.2, 0.25) is 0 Å². The summed E-state index contributed by atoms with van der Waals surface area (Å²) in [4.78, 5) is 12.1. The van der Waals surface area contributed by atoms with Crippen molar-refractivity contribution in [2.24, 2.45) is 5.10 Å². The van der Waals surface area contributed by atoms with E-state index in [9.17, 15) is 4.79 Å². The number of rotatable bonds is 11. The minimum absolute atomic E-state index is 0.103. The lowest BCUT2D eigenvalue weighted by Gasteiger charge is -2.14. The van der Waals surface area contributed by atoms with Crippen molar-refractivity contribution in [3.63, 3.8) is 0 Å². The van der Waals surface area contributed by atoms with Crippen molar-refractivity contribution >= 4 is 12.1 Å². The van der Waals surface area contributed by atoms with Crippen molar-refractivity contribution in [2.45, 2.75) is 46.5 Å². The second kappa shape index (κ2) is 11.9. The van der Waals surface area contributed by atoms with Gasteiger partial charge >= 0.3 is 0 Å². The van der Waals surface area contributed by atoms with Gasteiger partial charge in [0.25, 0.3) is 5.91 Å². The molecule has 2 aromatic carbocycles. The smallest absolute Gasteiger partial charge is 0.277 e. The molecule has 2 aromatic rings. The van der Waals surface area contributed by atoms with E-state index in [0.29, 0.717) is 24.0 Å². The highest BCUT2D eigenvalue weighted by Gasteiger charge is 2.10. The molecule has 0 fully saturated rings. The van der Waals surface area contributed by atoms with Crippen LogP contribution in [-0.2, 0) is 4.79 Å². The third-order valence-corrected chi connectivity index (χ3v) is 4.50. The highest BCUT2D eigenvalue weighted by molar-refractivity contribution is 5.83. The second-order valence-corrected chi connectivity index (χ2v) is 7.39. The average Bonchev–Trinajstić information content (AvgIpc) is 2.73. The number of aryl methyl sites for hydroxylation is 1. The van der Waals surface area contributed by atoms with Gasteiger partial charge in [-0.3, -0.25) is 4.79 Å². The molecular weight excluding hydrogens is 380 g/mol. The van der Waals surface area contributed by atoms with Gasteiger partial charge in [0, 0.05) is 0 Å². The van der Waals surface area contributed by atoms with E-state index in [-0.39, 0.29) is 12.5 Å². The van der Waals surface area contributed by atoms with Crippen LogP contribution in [0.5, 0.6) is 17.2 Å². The fraction of sp³-hybridized carbons (Fsp3) is 0.417. The topological polar surface area (TPSA) is 69.2 Å². The summed E-state index contributed by atoms with van der Waals surface area (Å²) in [5, 5.41) is 4.01. The average molecular weight is 413 g/mol. The summed E-state index contributed by atoms with van der Waals surface area (Å²) in [6, 6.07) is 11.5. The Hall–Kier alpha value is -3.02. The molecule has 1 N–H and O–H groups in total. The molecule has 6 heteroatoms. The number of amides is 1. The molecule has 0 atom stereocenters. The van der Waals surface area contributed by atoms with Crippen LogP contribution in [0.25, 0.3) is 0 Å². The zero-order chi connectivity index (χ0) is 21.9. The Balaban J connectivity index is 1.91. The number of nitrogens with one attached hydrogen (secondary N) is 1. The third kappa shape index (κ3) is 7.10. The predicted octanol–water partition coefficient (Wildman–Crippen LogP) is 4.84. The lowest BCUT2D eigenvalue weighted by Crippen LogP contribution is -2.25. The predicted molar refractivity (Wildman–Crippen MR) is 120 cm³/mol. The van der Waals surface area contributed by atoms with Crippen LogP contribution < -0.4 is 19.6 Å². The number of benzene rings is 2. The molecule has 0 radical (unpaired) electrons. The Morgan fingerprint density at radius 3 is 2.60 bits per heavy atom. The highest BCUT2D eigenvalue weighted by atomic mass is 16.5. The van der Waals surface area contributed by atoms with E-state index in [1.807, 2.05) is 43.3 Å². The van der Waals surface area contributed by atoms with Gasteiger partial charge < -0.3 is 14.2 Å². The summed E-state index contributed by atoms with van der Waals surface area (Å²) >= 11 is 0. The van der Waals surface area contributed by atoms with Crippen LogP contribution in [0, 0.1) is 6.92 Å². The van der Waals surface area contributed by atoms with Gasteiger partial charge in [0.05, 0.1) is 19.9 Å². The number of hydrogen-bond donors (Lipinski definition) is 1. The Morgan fingerprint density at radius 1 is 1.10 bits per heavy atom. The van der Waals surface area contributed by atoms with Gasteiger partial charge in [0.15, 0.2) is 18.1 Å². The van der Waals surface area contributed by atoms with Crippen LogP contribution in [0.3, 0.4) is 0 Å². The molecule has 6 nitrogen and oxygen atoms in total. The van der Waals surface area contributed by atoms with Crippen molar-refractivity contribution < 1.29 is 19.0 Å². The monoisotopic (exact) mass is 412 g/mol. The first-order valence-electron chi connectivity index (χ1n) is 10.3. The highest BCUT2D eigenvalue weighted by Crippen LogP contribution is 2.28. The Kier molecular flexibility index (Phi) is 9.19. The summed E-state index contributed by atoms with van der Waals surface area (Å²) < 4.78 is 16.8. The largest absolute Gasteiger partial charge is 0.493 e. The van der Waals surface area contributed by atoms with Gasteiger partial charge in [-0.05, 0) is 60.2 Å². The Labute approximate surface area is 179 Å². The molecule has 2 rings (SSSR count). The van der Waals surface area contributed by atoms with Crippen molar-refractivity contribution in [1.82, 2.24) is 5.43 Å². The fourth-order valence-electron chi connectivity index (χ4n) is 2.81. The summed E-state index contributed by atoms with van der Waals surface area (Å²) in [7, 11) is 1.60. The van der Waals surface area contributed by atoms with E-state index in [4.69, 9.17) is 14.2 Å². The van der Waals surface area contributed by atoms with E-state index < -0.39 is 0 Å². The van der Waals surface area contributed by atoms with E-state index in [1.54, 1.807) is 13.3 Å². The number of nitrogens with zero attached hydrogens (tertiary/aromatic N) is 1. The van der Waals surface area contributed by atoms with Gasteiger partial charge in [-0.25, -0.2) is 5.43 Å². The van der Waals surface area contributed by atoms with E-state index in [2.05, 4.69) is 31.3 Å². The molecule has 0 aromatic heterocycles. The maximum Gasteiger partial charge on any atom is 0.277 e. The Bertz CT molecular complexity index is 862. The van der Waals surface area contributed by atoms with Gasteiger partial charge in [0.2, 0.25) is 0 Å². The summed E-state index contributed by atoms with van der Waals surface area (Å²) in [5.41, 5.74) is 5.44. The van der Waals surface area contributed by atoms with Gasteiger partial charge in [-0.2, -0.15) is 5.10 Å². The number of unbranched alkanes of at least 4 members (excludes halogenated alkanes) is 1. The number of hydrogen-bond acceptors (Lipinski definition) is 5. The van der Waals surface area contributed by atoms with Crippen LogP contribution in [0.15, 0.2) is 41.5 Å². The third-order valence-electron chi connectivity index (χ3n) is 4.50. The molecule has 0 saturated heterocycles. The SMILES string of the molecule is CCCCOc1ccc(/C=N/NC(=O)COc2cc(C)ccc2C(C)C)cc1OC. The van der Waals surface area contributed by atoms with Gasteiger partial charge in [0.1, 0.15) is 5.75 Å². The molecule has 0 heterocycles. The van der Waals surface area contributed by atoms with Gasteiger partial charge in [-0.1, -0.05) is 39.3 Å². The molecule has 0 aliphatic carbocycles. The first-order valence-corrected chi connectivity index (χ1v) is 10.3. The van der Waals surface area contributed by atoms with Gasteiger partial charge in [-0.15, -0.1) is 0 Å². The zero-order valence-electron chi connectivity index (χ0n) is 18.5. The van der Waals surface area contributed by atoms with E-state index >= 15 is 0 Å². The lowest BCUT2D eigenvalue weighted by atomic mass is 10.0. The number of carbonyl (C=O) groups excluding carboxylic acids is 1. The van der Waals surface area contributed by atoms with E-state index in [1.165, 1.54) is 0 Å². The fourth-order valence-corrected chi connectivity index (χ4v) is 2.81. The first kappa shape index (κ1) is 23.3. The quantitative estimate of drug-likeness (QED) is 0.326. The maximum absolute atomic E-state index is 12.1. The number of hydrazone groups is 1. The molecule has 1 amide bonds. The van der Waals surface area contributed by atoms with Crippen LogP contribution >= 0.6 is 0 Å². The Morgan fingerprint density at radius 2 is 1.90 bits per heavy atom.